The number of nitrogens with zero attached hydrogens (tertiary/aromatic N) is 2. The first kappa shape index (κ1) is 24.7. The number of amides is 1. The van der Waals surface area contributed by atoms with Crippen LogP contribution in [0.1, 0.15) is 41.2 Å². The average Bonchev–Trinajstić information content (AvgIpc) is 3.65. The predicted molar refractivity (Wildman–Crippen MR) is 132 cm³/mol. The number of likely N-dealkylation sites (N-methyl/N-ethyl adjacent to an activating group) is 1. The van der Waals surface area contributed by atoms with Crippen molar-refractivity contribution in [3.8, 4) is 5.75 Å². The van der Waals surface area contributed by atoms with E-state index in [1.54, 1.807) is 6.07 Å². The summed E-state index contributed by atoms with van der Waals surface area (Å²) < 4.78 is 33.3. The van der Waals surface area contributed by atoms with Crippen molar-refractivity contribution in [1.29, 1.82) is 0 Å². The highest BCUT2D eigenvalue weighted by molar-refractivity contribution is 7.89. The van der Waals surface area contributed by atoms with Crippen LogP contribution < -0.4 is 14.8 Å². The first-order valence-electron chi connectivity index (χ1n) is 11.8. The quantitative estimate of drug-likeness (QED) is 0.501. The smallest absolute Gasteiger partial charge is 0.251 e. The van der Waals surface area contributed by atoms with Crippen molar-refractivity contribution >= 4 is 15.9 Å². The molecular weight excluding hydrogens is 452 g/mol. The van der Waals surface area contributed by atoms with Gasteiger partial charge >= 0.3 is 0 Å². The molecule has 184 valence electrons. The van der Waals surface area contributed by atoms with Gasteiger partial charge in [0.2, 0.25) is 10.0 Å². The number of rotatable bonds is 10. The summed E-state index contributed by atoms with van der Waals surface area (Å²) in [7, 11) is -0.165. The van der Waals surface area contributed by atoms with Crippen LogP contribution >= 0.6 is 0 Å². The first-order valence-corrected chi connectivity index (χ1v) is 13.3. The Morgan fingerprint density at radius 2 is 1.88 bits per heavy atom. The number of piperazine rings is 1. The summed E-state index contributed by atoms with van der Waals surface area (Å²) in [6.45, 7) is 4.38. The Bertz CT molecular complexity index is 1090. The van der Waals surface area contributed by atoms with Crippen molar-refractivity contribution in [1.82, 2.24) is 19.8 Å². The minimum atomic E-state index is -3.74. The van der Waals surface area contributed by atoms with Gasteiger partial charge in [-0.05, 0) is 50.1 Å². The molecule has 2 aliphatic rings. The van der Waals surface area contributed by atoms with Crippen LogP contribution in [-0.2, 0) is 10.0 Å². The molecule has 0 bridgehead atoms. The lowest BCUT2D eigenvalue weighted by Crippen LogP contribution is -2.47. The van der Waals surface area contributed by atoms with Crippen molar-refractivity contribution in [2.45, 2.75) is 36.2 Å². The van der Waals surface area contributed by atoms with Gasteiger partial charge in [0.15, 0.2) is 0 Å². The van der Waals surface area contributed by atoms with E-state index < -0.39 is 10.0 Å². The summed E-state index contributed by atoms with van der Waals surface area (Å²) in [5.74, 6) is -0.0600. The molecule has 0 aromatic heterocycles. The third-order valence-electron chi connectivity index (χ3n) is 6.40. The van der Waals surface area contributed by atoms with E-state index in [0.717, 1.165) is 45.4 Å². The number of hydrogen-bond donors (Lipinski definition) is 2. The lowest BCUT2D eigenvalue weighted by molar-refractivity contribution is 0.0865. The molecule has 0 spiro atoms. The minimum Gasteiger partial charge on any atom is -0.495 e. The van der Waals surface area contributed by atoms with E-state index in [0.29, 0.717) is 18.2 Å². The van der Waals surface area contributed by atoms with Crippen LogP contribution in [0, 0.1) is 0 Å². The van der Waals surface area contributed by atoms with Crippen molar-refractivity contribution < 1.29 is 17.9 Å². The molecule has 1 saturated carbocycles. The molecule has 2 aromatic carbocycles. The minimum absolute atomic E-state index is 0.00214. The van der Waals surface area contributed by atoms with E-state index in [9.17, 15) is 13.2 Å². The van der Waals surface area contributed by atoms with Crippen LogP contribution in [0.3, 0.4) is 0 Å². The van der Waals surface area contributed by atoms with Gasteiger partial charge in [-0.25, -0.2) is 13.1 Å². The van der Waals surface area contributed by atoms with E-state index in [1.165, 1.54) is 24.8 Å². The lowest BCUT2D eigenvalue weighted by atomic mass is 10.0. The van der Waals surface area contributed by atoms with Crippen LogP contribution in [0.25, 0.3) is 0 Å². The molecular formula is C25H34N4O4S. The van der Waals surface area contributed by atoms with E-state index in [1.807, 2.05) is 6.07 Å². The highest BCUT2D eigenvalue weighted by atomic mass is 32.2. The second kappa shape index (κ2) is 10.9. The molecule has 34 heavy (non-hydrogen) atoms. The second-order valence-electron chi connectivity index (χ2n) is 9.10. The maximum absolute atomic E-state index is 12.8. The molecule has 1 aliphatic carbocycles. The SMILES string of the molecule is COc1ccc(C(=O)NCCCN2CCN(C)CC2c2ccccc2)cc1S(=O)(=O)NC1CC1. The third kappa shape index (κ3) is 6.15. The van der Waals surface area contributed by atoms with E-state index in [4.69, 9.17) is 4.74 Å². The Labute approximate surface area is 202 Å². The Morgan fingerprint density at radius 1 is 1.12 bits per heavy atom. The molecule has 0 radical (unpaired) electrons. The normalized spacial score (nSPS) is 19.6. The summed E-state index contributed by atoms with van der Waals surface area (Å²) in [6, 6.07) is 15.4. The summed E-state index contributed by atoms with van der Waals surface area (Å²) >= 11 is 0. The molecule has 2 aromatic rings. The van der Waals surface area contributed by atoms with E-state index in [2.05, 4.69) is 51.2 Å². The highest BCUT2D eigenvalue weighted by Gasteiger charge is 2.30. The highest BCUT2D eigenvalue weighted by Crippen LogP contribution is 2.28. The molecule has 1 unspecified atom stereocenters. The zero-order valence-corrected chi connectivity index (χ0v) is 20.7. The maximum Gasteiger partial charge on any atom is 0.251 e. The van der Waals surface area contributed by atoms with Gasteiger partial charge in [-0.2, -0.15) is 0 Å². The van der Waals surface area contributed by atoms with Crippen molar-refractivity contribution in [3.05, 3.63) is 59.7 Å². The van der Waals surface area contributed by atoms with Crippen LogP contribution in [0.2, 0.25) is 0 Å². The van der Waals surface area contributed by atoms with Crippen molar-refractivity contribution in [3.63, 3.8) is 0 Å². The molecule has 1 amide bonds. The zero-order valence-electron chi connectivity index (χ0n) is 19.9. The van der Waals surface area contributed by atoms with Gasteiger partial charge in [-0.3, -0.25) is 9.69 Å². The number of nitrogens with one attached hydrogen (secondary N) is 2. The largest absolute Gasteiger partial charge is 0.495 e. The van der Waals surface area contributed by atoms with Crippen LogP contribution in [0.4, 0.5) is 0 Å². The Hall–Kier alpha value is -2.46. The predicted octanol–water partition coefficient (Wildman–Crippen LogP) is 2.24. The molecule has 1 heterocycles. The molecule has 2 fully saturated rings. The molecule has 4 rings (SSSR count). The fourth-order valence-corrected chi connectivity index (χ4v) is 5.81. The number of methoxy groups -OCH3 is 1. The summed E-state index contributed by atoms with van der Waals surface area (Å²) in [6.07, 6.45) is 2.48. The maximum atomic E-state index is 12.8. The van der Waals surface area contributed by atoms with Gasteiger partial charge in [0.05, 0.1) is 7.11 Å². The first-order chi connectivity index (χ1) is 16.4. The second-order valence-corrected chi connectivity index (χ2v) is 10.8. The Morgan fingerprint density at radius 3 is 2.59 bits per heavy atom. The molecule has 1 aliphatic heterocycles. The number of carbonyl (C=O) groups excluding carboxylic acids is 1. The third-order valence-corrected chi connectivity index (χ3v) is 7.94. The molecule has 8 nitrogen and oxygen atoms in total. The van der Waals surface area contributed by atoms with Crippen LogP contribution in [-0.4, -0.2) is 77.0 Å². The molecule has 9 heteroatoms. The standard InChI is InChI=1S/C25H34N4O4S/c1-28-15-16-29(22(18-28)19-7-4-3-5-8-19)14-6-13-26-25(30)20-9-12-23(33-2)24(17-20)34(31,32)27-21-10-11-21/h3-5,7-9,12,17,21-22,27H,6,10-11,13-16,18H2,1-2H3,(H,26,30). The number of carbonyl (C=O) groups is 1. The van der Waals surface area contributed by atoms with Crippen LogP contribution in [0.5, 0.6) is 5.75 Å². The molecule has 1 atom stereocenters. The van der Waals surface area contributed by atoms with Crippen LogP contribution in [0.15, 0.2) is 53.4 Å². The molecule has 2 N–H and O–H groups in total. The van der Waals surface area contributed by atoms with Gasteiger partial charge in [0.25, 0.3) is 5.91 Å². The Balaban J connectivity index is 1.34. The van der Waals surface area contributed by atoms with Gasteiger partial charge in [0.1, 0.15) is 10.6 Å². The zero-order chi connectivity index (χ0) is 24.1. The summed E-state index contributed by atoms with van der Waals surface area (Å²) in [5, 5.41) is 2.94. The Kier molecular flexibility index (Phi) is 7.88. The fraction of sp³-hybridized carbons (Fsp3) is 0.480. The molecule has 1 saturated heterocycles. The number of benzene rings is 2. The van der Waals surface area contributed by atoms with Crippen molar-refractivity contribution in [2.75, 3.05) is 46.9 Å². The van der Waals surface area contributed by atoms with Crippen molar-refractivity contribution in [2.24, 2.45) is 0 Å². The number of sulfonamides is 1. The average molecular weight is 487 g/mol. The fourth-order valence-electron chi connectivity index (χ4n) is 4.31. The van der Waals surface area contributed by atoms with Gasteiger partial charge < -0.3 is 15.0 Å². The lowest BCUT2D eigenvalue weighted by Gasteiger charge is -2.40. The monoisotopic (exact) mass is 486 g/mol. The van der Waals surface area contributed by atoms with Gasteiger partial charge in [-0.1, -0.05) is 30.3 Å². The summed E-state index contributed by atoms with van der Waals surface area (Å²) in [5.41, 5.74) is 1.61. The summed E-state index contributed by atoms with van der Waals surface area (Å²) in [4.78, 5) is 17.6. The topological polar surface area (TPSA) is 91.0 Å². The van der Waals surface area contributed by atoms with Gasteiger partial charge in [-0.15, -0.1) is 0 Å². The van der Waals surface area contributed by atoms with E-state index >= 15 is 0 Å². The number of hydrogen-bond acceptors (Lipinski definition) is 6. The van der Waals surface area contributed by atoms with Gasteiger partial charge in [0, 0.05) is 50.4 Å². The number of ether oxygens (including phenoxy) is 1. The van der Waals surface area contributed by atoms with E-state index in [-0.39, 0.29) is 22.6 Å².